The van der Waals surface area contributed by atoms with Crippen molar-refractivity contribution < 1.29 is 0 Å². The van der Waals surface area contributed by atoms with Gasteiger partial charge in [-0.25, -0.2) is 0 Å². The summed E-state index contributed by atoms with van der Waals surface area (Å²) in [5.41, 5.74) is 11.5. The predicted octanol–water partition coefficient (Wildman–Crippen LogP) is 11.0. The first-order valence-electron chi connectivity index (χ1n) is 15.9. The minimum atomic E-state index is 0.596. The van der Waals surface area contributed by atoms with E-state index in [4.69, 9.17) is 0 Å². The van der Waals surface area contributed by atoms with E-state index in [0.29, 0.717) is 11.1 Å². The lowest BCUT2D eigenvalue weighted by Gasteiger charge is -2.15. The Morgan fingerprint density at radius 2 is 0.917 bits per heavy atom. The lowest BCUT2D eigenvalue weighted by molar-refractivity contribution is 1.17. The maximum Gasteiger partial charge on any atom is 0.101 e. The van der Waals surface area contributed by atoms with Crippen molar-refractivity contribution in [2.24, 2.45) is 0 Å². The van der Waals surface area contributed by atoms with Crippen LogP contribution in [0.2, 0.25) is 0 Å². The summed E-state index contributed by atoms with van der Waals surface area (Å²) in [6.45, 7) is 0. The fraction of sp³-hybridized carbons (Fsp3) is 0. The van der Waals surface area contributed by atoms with E-state index in [1.54, 1.807) is 0 Å². The van der Waals surface area contributed by atoms with Gasteiger partial charge in [0, 0.05) is 38.4 Å². The average molecular weight is 611 g/mol. The summed E-state index contributed by atoms with van der Waals surface area (Å²) >= 11 is 0. The normalized spacial score (nSPS) is 11.3. The Labute approximate surface area is 277 Å². The van der Waals surface area contributed by atoms with Gasteiger partial charge in [0.15, 0.2) is 0 Å². The van der Waals surface area contributed by atoms with E-state index in [9.17, 15) is 10.5 Å². The van der Waals surface area contributed by atoms with Crippen LogP contribution in [0.3, 0.4) is 0 Å². The second-order valence-electron chi connectivity index (χ2n) is 12.0. The van der Waals surface area contributed by atoms with Crippen LogP contribution in [0, 0.1) is 22.7 Å². The van der Waals surface area contributed by atoms with Crippen LogP contribution in [0.25, 0.3) is 77.2 Å². The fourth-order valence-corrected chi connectivity index (χ4v) is 7.31. The molecule has 4 heteroatoms. The molecule has 9 rings (SSSR count). The smallest absolute Gasteiger partial charge is 0.101 e. The van der Waals surface area contributed by atoms with Crippen molar-refractivity contribution >= 4 is 43.6 Å². The second-order valence-corrected chi connectivity index (χ2v) is 12.0. The molecule has 0 unspecified atom stereocenters. The monoisotopic (exact) mass is 610 g/mol. The van der Waals surface area contributed by atoms with Gasteiger partial charge in [0.2, 0.25) is 0 Å². The van der Waals surface area contributed by atoms with Gasteiger partial charge in [-0.15, -0.1) is 0 Å². The van der Waals surface area contributed by atoms with Gasteiger partial charge in [0.1, 0.15) is 6.07 Å². The minimum Gasteiger partial charge on any atom is -0.309 e. The first kappa shape index (κ1) is 27.4. The van der Waals surface area contributed by atoms with Crippen molar-refractivity contribution in [1.82, 2.24) is 9.13 Å². The molecule has 4 nitrogen and oxygen atoms in total. The van der Waals surface area contributed by atoms with E-state index in [1.165, 1.54) is 21.8 Å². The third kappa shape index (κ3) is 4.07. The predicted molar refractivity (Wildman–Crippen MR) is 195 cm³/mol. The Morgan fingerprint density at radius 1 is 0.396 bits per heavy atom. The molecule has 0 fully saturated rings. The molecule has 0 saturated heterocycles. The van der Waals surface area contributed by atoms with Crippen molar-refractivity contribution in [3.63, 3.8) is 0 Å². The molecule has 0 saturated carbocycles. The molecule has 0 aliphatic carbocycles. The van der Waals surface area contributed by atoms with Crippen molar-refractivity contribution in [3.05, 3.63) is 169 Å². The first-order chi connectivity index (χ1) is 23.7. The highest BCUT2D eigenvalue weighted by atomic mass is 15.0. The Kier molecular flexibility index (Phi) is 6.22. The minimum absolute atomic E-state index is 0.596. The molecule has 2 heterocycles. The maximum absolute atomic E-state index is 10.2. The molecule has 0 aliphatic rings. The van der Waals surface area contributed by atoms with Crippen LogP contribution in [0.15, 0.2) is 158 Å². The first-order valence-corrected chi connectivity index (χ1v) is 15.9. The lowest BCUT2D eigenvalue weighted by atomic mass is 9.96. The summed E-state index contributed by atoms with van der Waals surface area (Å²) in [7, 11) is 0. The Morgan fingerprint density at radius 3 is 1.56 bits per heavy atom. The fourth-order valence-electron chi connectivity index (χ4n) is 7.31. The molecule has 222 valence electrons. The van der Waals surface area contributed by atoms with E-state index >= 15 is 0 Å². The number of para-hydroxylation sites is 5. The number of hydrogen-bond donors (Lipinski definition) is 0. The van der Waals surface area contributed by atoms with Crippen LogP contribution >= 0.6 is 0 Å². The highest BCUT2D eigenvalue weighted by molar-refractivity contribution is 6.11. The number of rotatable bonds is 4. The zero-order valence-electron chi connectivity index (χ0n) is 25.8. The highest BCUT2D eigenvalue weighted by Crippen LogP contribution is 2.38. The second kappa shape index (κ2) is 10.9. The lowest BCUT2D eigenvalue weighted by Crippen LogP contribution is -1.98. The van der Waals surface area contributed by atoms with E-state index in [-0.39, 0.29) is 0 Å². The van der Waals surface area contributed by atoms with Crippen molar-refractivity contribution in [1.29, 1.82) is 10.5 Å². The van der Waals surface area contributed by atoms with Gasteiger partial charge in [-0.05, 0) is 59.7 Å². The molecule has 0 amide bonds. The SMILES string of the molecule is N#Cc1ccc(-n2c3ccccc3c3cccc(C#N)c32)cc1-c1ccc(-c2ccccc2-n2c3ccccc3c3ccccc32)cc1. The summed E-state index contributed by atoms with van der Waals surface area (Å²) < 4.78 is 4.50. The summed E-state index contributed by atoms with van der Waals surface area (Å²) in [6, 6.07) is 58.9. The number of nitriles is 2. The van der Waals surface area contributed by atoms with Gasteiger partial charge in [-0.3, -0.25) is 0 Å². The standard InChI is InChI=1S/C44H26N4/c45-27-31-24-25-33(47-41-17-6-4-14-37(41)38-15-9-10-32(28-46)44(38)47)26-39(31)30-22-20-29(21-23-30)34-11-1-5-16-40(34)48-42-18-7-2-12-35(42)36-13-3-8-19-43(36)48/h1-26H. The zero-order chi connectivity index (χ0) is 32.2. The number of aromatic nitrogens is 2. The highest BCUT2D eigenvalue weighted by Gasteiger charge is 2.18. The Bertz CT molecular complexity index is 2750. The molecule has 0 bridgehead atoms. The van der Waals surface area contributed by atoms with Crippen LogP contribution in [-0.2, 0) is 0 Å². The Hall–Kier alpha value is -6.88. The third-order valence-corrected chi connectivity index (χ3v) is 9.43. The van der Waals surface area contributed by atoms with Gasteiger partial charge in [0.25, 0.3) is 0 Å². The summed E-state index contributed by atoms with van der Waals surface area (Å²) in [5.74, 6) is 0. The molecule has 0 radical (unpaired) electrons. The number of hydrogen-bond acceptors (Lipinski definition) is 2. The third-order valence-electron chi connectivity index (χ3n) is 9.43. The Balaban J connectivity index is 1.19. The van der Waals surface area contributed by atoms with Gasteiger partial charge in [-0.1, -0.05) is 109 Å². The van der Waals surface area contributed by atoms with Crippen LogP contribution in [0.1, 0.15) is 11.1 Å². The topological polar surface area (TPSA) is 57.4 Å². The van der Waals surface area contributed by atoms with Crippen molar-refractivity contribution in [2.75, 3.05) is 0 Å². The molecule has 7 aromatic carbocycles. The maximum atomic E-state index is 10.2. The molecule has 0 N–H and O–H groups in total. The van der Waals surface area contributed by atoms with Gasteiger partial charge in [0.05, 0.1) is 45.0 Å². The summed E-state index contributed by atoms with van der Waals surface area (Å²) in [4.78, 5) is 0. The zero-order valence-corrected chi connectivity index (χ0v) is 25.8. The van der Waals surface area contributed by atoms with E-state index < -0.39 is 0 Å². The van der Waals surface area contributed by atoms with Crippen LogP contribution in [0.5, 0.6) is 0 Å². The van der Waals surface area contributed by atoms with E-state index in [0.717, 1.165) is 55.4 Å². The number of nitrogens with zero attached hydrogens (tertiary/aromatic N) is 4. The molecular weight excluding hydrogens is 585 g/mol. The molecule has 0 spiro atoms. The number of fused-ring (bicyclic) bond motifs is 6. The van der Waals surface area contributed by atoms with Gasteiger partial charge in [-0.2, -0.15) is 10.5 Å². The summed E-state index contributed by atoms with van der Waals surface area (Å²) in [6.07, 6.45) is 0. The molecule has 0 aliphatic heterocycles. The number of benzene rings is 7. The molecule has 9 aromatic rings. The largest absolute Gasteiger partial charge is 0.309 e. The quantitative estimate of drug-likeness (QED) is 0.199. The van der Waals surface area contributed by atoms with Crippen molar-refractivity contribution in [2.45, 2.75) is 0 Å². The van der Waals surface area contributed by atoms with Crippen LogP contribution in [0.4, 0.5) is 0 Å². The van der Waals surface area contributed by atoms with Crippen molar-refractivity contribution in [3.8, 4) is 45.8 Å². The van der Waals surface area contributed by atoms with Gasteiger partial charge < -0.3 is 9.13 Å². The average Bonchev–Trinajstić information content (AvgIpc) is 3.68. The summed E-state index contributed by atoms with van der Waals surface area (Å²) in [5, 5.41) is 24.8. The molecule has 48 heavy (non-hydrogen) atoms. The molecule has 0 atom stereocenters. The molecule has 2 aromatic heterocycles. The van der Waals surface area contributed by atoms with Crippen LogP contribution < -0.4 is 0 Å². The van der Waals surface area contributed by atoms with Gasteiger partial charge >= 0.3 is 0 Å². The molecular formula is C44H26N4. The van der Waals surface area contributed by atoms with E-state index in [1.807, 2.05) is 36.4 Å². The van der Waals surface area contributed by atoms with Crippen LogP contribution in [-0.4, -0.2) is 9.13 Å². The van der Waals surface area contributed by atoms with E-state index in [2.05, 4.69) is 143 Å².